The molecule has 1 aliphatic rings. The van der Waals surface area contributed by atoms with Crippen LogP contribution in [0.2, 0.25) is 0 Å². The first-order chi connectivity index (χ1) is 13.1. The number of hydrogen-bond acceptors (Lipinski definition) is 8. The van der Waals surface area contributed by atoms with Crippen molar-refractivity contribution < 1.29 is 19.7 Å². The van der Waals surface area contributed by atoms with Crippen molar-refractivity contribution in [2.45, 2.75) is 50.5 Å². The van der Waals surface area contributed by atoms with Crippen LogP contribution in [0.5, 0.6) is 0 Å². The first-order valence-corrected chi connectivity index (χ1v) is 8.77. The van der Waals surface area contributed by atoms with E-state index < -0.39 is 24.4 Å². The highest BCUT2D eigenvalue weighted by atomic mass is 16.5. The van der Waals surface area contributed by atoms with Gasteiger partial charge in [-0.3, -0.25) is 9.78 Å². The van der Waals surface area contributed by atoms with Gasteiger partial charge in [0.05, 0.1) is 24.8 Å². The zero-order valence-electron chi connectivity index (χ0n) is 15.0. The van der Waals surface area contributed by atoms with Crippen LogP contribution in [0.25, 0.3) is 0 Å². The topological polar surface area (TPSA) is 134 Å². The number of carbonyl (C=O) groups excluding carboxylic acids is 1. The van der Waals surface area contributed by atoms with E-state index >= 15 is 0 Å². The van der Waals surface area contributed by atoms with Crippen molar-refractivity contribution >= 4 is 5.91 Å². The second-order valence-electron chi connectivity index (χ2n) is 6.50. The largest absolute Gasteiger partial charge is 0.388 e. The van der Waals surface area contributed by atoms with Crippen molar-refractivity contribution in [1.82, 2.24) is 30.6 Å². The highest BCUT2D eigenvalue weighted by Crippen LogP contribution is 2.24. The van der Waals surface area contributed by atoms with Gasteiger partial charge >= 0.3 is 0 Å². The predicted octanol–water partition coefficient (Wildman–Crippen LogP) is -1.41. The summed E-state index contributed by atoms with van der Waals surface area (Å²) >= 11 is 0. The maximum atomic E-state index is 12.1. The molecule has 10 heteroatoms. The van der Waals surface area contributed by atoms with Gasteiger partial charge in [0.2, 0.25) is 5.91 Å². The Balaban J connectivity index is 1.50. The van der Waals surface area contributed by atoms with Crippen LogP contribution in [0.15, 0.2) is 30.7 Å². The average molecular weight is 376 g/mol. The lowest BCUT2D eigenvalue weighted by atomic mass is 10.1. The van der Waals surface area contributed by atoms with Crippen LogP contribution in [-0.4, -0.2) is 67.6 Å². The molecule has 10 nitrogen and oxygen atoms in total. The fourth-order valence-corrected chi connectivity index (χ4v) is 2.98. The SMILES string of the molecule is CNCc1cn(CC2OC(CC(=O)NCc3cccnc3)C(O)C2O)nn1. The highest BCUT2D eigenvalue weighted by molar-refractivity contribution is 5.76. The van der Waals surface area contributed by atoms with Gasteiger partial charge in [0.15, 0.2) is 0 Å². The van der Waals surface area contributed by atoms with Gasteiger partial charge in [-0.25, -0.2) is 4.68 Å². The number of nitrogens with zero attached hydrogens (tertiary/aromatic N) is 4. The fraction of sp³-hybridized carbons (Fsp3) is 0.529. The number of ether oxygens (including phenoxy) is 1. The van der Waals surface area contributed by atoms with Gasteiger partial charge in [-0.2, -0.15) is 0 Å². The van der Waals surface area contributed by atoms with Crippen LogP contribution in [-0.2, 0) is 29.2 Å². The quantitative estimate of drug-likeness (QED) is 0.441. The third kappa shape index (κ3) is 5.07. The molecule has 1 amide bonds. The number of hydrogen-bond donors (Lipinski definition) is 4. The molecule has 146 valence electrons. The van der Waals surface area contributed by atoms with Gasteiger partial charge in [-0.1, -0.05) is 11.3 Å². The summed E-state index contributed by atoms with van der Waals surface area (Å²) in [7, 11) is 1.81. The minimum Gasteiger partial charge on any atom is -0.388 e. The summed E-state index contributed by atoms with van der Waals surface area (Å²) < 4.78 is 7.26. The molecule has 0 spiro atoms. The summed E-state index contributed by atoms with van der Waals surface area (Å²) in [6.45, 7) is 1.16. The molecular weight excluding hydrogens is 352 g/mol. The van der Waals surface area contributed by atoms with Crippen molar-refractivity contribution in [3.8, 4) is 0 Å². The summed E-state index contributed by atoms with van der Waals surface area (Å²) in [5.41, 5.74) is 1.64. The number of carbonyl (C=O) groups is 1. The minimum absolute atomic E-state index is 0.0443. The summed E-state index contributed by atoms with van der Waals surface area (Å²) in [5, 5.41) is 34.1. The predicted molar refractivity (Wildman–Crippen MR) is 94.2 cm³/mol. The summed E-state index contributed by atoms with van der Waals surface area (Å²) in [4.78, 5) is 16.1. The maximum absolute atomic E-state index is 12.1. The Morgan fingerprint density at radius 1 is 1.30 bits per heavy atom. The smallest absolute Gasteiger partial charge is 0.222 e. The Morgan fingerprint density at radius 3 is 2.85 bits per heavy atom. The number of aliphatic hydroxyl groups is 2. The first kappa shape index (κ1) is 19.4. The molecule has 4 unspecified atom stereocenters. The van der Waals surface area contributed by atoms with E-state index in [4.69, 9.17) is 4.74 Å². The first-order valence-electron chi connectivity index (χ1n) is 8.77. The molecule has 3 heterocycles. The molecule has 0 aromatic carbocycles. The molecule has 2 aromatic rings. The Kier molecular flexibility index (Phi) is 6.45. The van der Waals surface area contributed by atoms with Crippen LogP contribution in [0.4, 0.5) is 0 Å². The standard InChI is InChI=1S/C17H24N6O4/c1-18-8-12-9-23(22-21-12)10-14-17(26)16(25)13(27-14)5-15(24)20-7-11-3-2-4-19-6-11/h2-4,6,9,13-14,16-18,25-26H,5,7-8,10H2,1H3,(H,20,24). The van der Waals surface area contributed by atoms with E-state index in [1.54, 1.807) is 29.3 Å². The Morgan fingerprint density at radius 2 is 2.11 bits per heavy atom. The lowest BCUT2D eigenvalue weighted by Crippen LogP contribution is -2.36. The third-order valence-electron chi connectivity index (χ3n) is 4.37. The van der Waals surface area contributed by atoms with E-state index in [1.807, 2.05) is 13.1 Å². The van der Waals surface area contributed by atoms with E-state index in [2.05, 4.69) is 25.9 Å². The van der Waals surface area contributed by atoms with Crippen LogP contribution < -0.4 is 10.6 Å². The monoisotopic (exact) mass is 376 g/mol. The molecule has 0 saturated carbocycles. The maximum Gasteiger partial charge on any atom is 0.222 e. The molecule has 0 radical (unpaired) electrons. The Bertz CT molecular complexity index is 740. The van der Waals surface area contributed by atoms with Crippen LogP contribution >= 0.6 is 0 Å². The average Bonchev–Trinajstić information content (AvgIpc) is 3.21. The zero-order valence-corrected chi connectivity index (χ0v) is 15.0. The number of nitrogens with one attached hydrogen (secondary N) is 2. The van der Waals surface area contributed by atoms with Gasteiger partial charge in [0.1, 0.15) is 18.3 Å². The molecule has 1 aliphatic heterocycles. The Labute approximate surface area is 156 Å². The van der Waals surface area contributed by atoms with E-state index in [9.17, 15) is 15.0 Å². The molecule has 0 aliphatic carbocycles. The lowest BCUT2D eigenvalue weighted by Gasteiger charge is -2.14. The van der Waals surface area contributed by atoms with E-state index in [-0.39, 0.29) is 18.9 Å². The number of pyridine rings is 1. The number of aromatic nitrogens is 4. The second-order valence-corrected chi connectivity index (χ2v) is 6.50. The lowest BCUT2D eigenvalue weighted by molar-refractivity contribution is -0.125. The van der Waals surface area contributed by atoms with Gasteiger partial charge in [0.25, 0.3) is 0 Å². The molecule has 1 fully saturated rings. The van der Waals surface area contributed by atoms with E-state index in [0.29, 0.717) is 13.1 Å². The third-order valence-corrected chi connectivity index (χ3v) is 4.37. The van der Waals surface area contributed by atoms with Crippen LogP contribution in [0, 0.1) is 0 Å². The van der Waals surface area contributed by atoms with Crippen LogP contribution in [0.1, 0.15) is 17.7 Å². The van der Waals surface area contributed by atoms with Crippen molar-refractivity contribution in [2.75, 3.05) is 7.05 Å². The van der Waals surface area contributed by atoms with E-state index in [0.717, 1.165) is 11.3 Å². The second kappa shape index (κ2) is 9.00. The van der Waals surface area contributed by atoms with Crippen molar-refractivity contribution in [1.29, 1.82) is 0 Å². The van der Waals surface area contributed by atoms with E-state index in [1.165, 1.54) is 0 Å². The Hall–Kier alpha value is -2.40. The molecule has 0 bridgehead atoms. The normalized spacial score (nSPS) is 24.9. The molecule has 3 rings (SSSR count). The molecule has 27 heavy (non-hydrogen) atoms. The summed E-state index contributed by atoms with van der Waals surface area (Å²) in [6, 6.07) is 3.65. The zero-order chi connectivity index (χ0) is 19.2. The molecule has 4 atom stereocenters. The minimum atomic E-state index is -1.14. The van der Waals surface area contributed by atoms with Gasteiger partial charge in [-0.15, -0.1) is 5.10 Å². The fourth-order valence-electron chi connectivity index (χ4n) is 2.98. The van der Waals surface area contributed by atoms with Gasteiger partial charge in [0, 0.05) is 31.7 Å². The molecular formula is C17H24N6O4. The van der Waals surface area contributed by atoms with Gasteiger partial charge in [-0.05, 0) is 18.7 Å². The molecule has 4 N–H and O–H groups in total. The number of aliphatic hydroxyl groups excluding tert-OH is 2. The van der Waals surface area contributed by atoms with Crippen molar-refractivity contribution in [3.63, 3.8) is 0 Å². The summed E-state index contributed by atoms with van der Waals surface area (Å²) in [5.74, 6) is -0.271. The molecule has 2 aromatic heterocycles. The highest BCUT2D eigenvalue weighted by Gasteiger charge is 2.43. The van der Waals surface area contributed by atoms with Crippen molar-refractivity contribution in [2.24, 2.45) is 0 Å². The molecule has 1 saturated heterocycles. The number of amides is 1. The van der Waals surface area contributed by atoms with Crippen molar-refractivity contribution in [3.05, 3.63) is 42.0 Å². The van der Waals surface area contributed by atoms with Gasteiger partial charge < -0.3 is 25.6 Å². The summed E-state index contributed by atoms with van der Waals surface area (Å²) in [6.07, 6.45) is 1.34. The number of rotatable bonds is 8. The van der Waals surface area contributed by atoms with Crippen LogP contribution in [0.3, 0.4) is 0 Å².